The molecule has 124 valence electrons. The van der Waals surface area contributed by atoms with Crippen LogP contribution in [0.2, 0.25) is 0 Å². The minimum absolute atomic E-state index is 0.284. The predicted octanol–water partition coefficient (Wildman–Crippen LogP) is 4.56. The van der Waals surface area contributed by atoms with Crippen LogP contribution >= 0.6 is 0 Å². The van der Waals surface area contributed by atoms with E-state index in [0.717, 1.165) is 25.9 Å². The minimum Gasteiger partial charge on any atom is -0.481 e. The monoisotopic (exact) mass is 297 g/mol. The van der Waals surface area contributed by atoms with Gasteiger partial charge in [0.15, 0.2) is 0 Å². The van der Waals surface area contributed by atoms with Gasteiger partial charge in [-0.3, -0.25) is 4.79 Å². The minimum atomic E-state index is -0.651. The van der Waals surface area contributed by atoms with Crippen molar-refractivity contribution in [3.05, 3.63) is 0 Å². The maximum absolute atomic E-state index is 11.5. The number of carboxylic acids is 1. The lowest BCUT2D eigenvalue weighted by molar-refractivity contribution is -0.151. The predicted molar refractivity (Wildman–Crippen MR) is 88.6 cm³/mol. The summed E-state index contributed by atoms with van der Waals surface area (Å²) in [6, 6.07) is 0.596. The first-order valence-corrected chi connectivity index (χ1v) is 8.87. The molecule has 3 heteroatoms. The Kier molecular flexibility index (Phi) is 7.72. The van der Waals surface area contributed by atoms with Crippen molar-refractivity contribution >= 4 is 5.97 Å². The van der Waals surface area contributed by atoms with E-state index >= 15 is 0 Å². The SMILES string of the molecule is CCCCCCCC(C)N1CCCC(C(C)(C)C(=O)O)C1. The van der Waals surface area contributed by atoms with Gasteiger partial charge < -0.3 is 10.0 Å². The van der Waals surface area contributed by atoms with E-state index in [4.69, 9.17) is 0 Å². The molecule has 21 heavy (non-hydrogen) atoms. The summed E-state index contributed by atoms with van der Waals surface area (Å²) in [5.41, 5.74) is -0.598. The molecule has 0 aromatic carbocycles. The Bertz CT molecular complexity index is 314. The highest BCUT2D eigenvalue weighted by molar-refractivity contribution is 5.74. The van der Waals surface area contributed by atoms with E-state index < -0.39 is 11.4 Å². The Balaban J connectivity index is 2.39. The molecule has 0 bridgehead atoms. The number of piperidine rings is 1. The lowest BCUT2D eigenvalue weighted by Crippen LogP contribution is -2.47. The summed E-state index contributed by atoms with van der Waals surface area (Å²) in [4.78, 5) is 14.0. The third-order valence-electron chi connectivity index (χ3n) is 5.37. The zero-order chi connectivity index (χ0) is 15.9. The first kappa shape index (κ1) is 18.5. The number of aliphatic carboxylic acids is 1. The number of unbranched alkanes of at least 4 members (excludes halogenated alkanes) is 4. The Morgan fingerprint density at radius 1 is 1.29 bits per heavy atom. The highest BCUT2D eigenvalue weighted by Crippen LogP contribution is 2.35. The summed E-state index contributed by atoms with van der Waals surface area (Å²) >= 11 is 0. The normalized spacial score (nSPS) is 22.2. The number of nitrogens with zero attached hydrogens (tertiary/aromatic N) is 1. The standard InChI is InChI=1S/C18H35NO2/c1-5-6-7-8-9-11-15(2)19-13-10-12-16(14-19)18(3,4)17(20)21/h15-16H,5-14H2,1-4H3,(H,20,21). The molecule has 1 rings (SSSR count). The molecule has 0 aromatic rings. The molecule has 3 nitrogen and oxygen atoms in total. The summed E-state index contributed by atoms with van der Waals surface area (Å²) in [7, 11) is 0. The van der Waals surface area contributed by atoms with Gasteiger partial charge in [-0.2, -0.15) is 0 Å². The van der Waals surface area contributed by atoms with Crippen LogP contribution in [0.4, 0.5) is 0 Å². The molecule has 1 fully saturated rings. The van der Waals surface area contributed by atoms with E-state index in [1.54, 1.807) is 0 Å². The largest absolute Gasteiger partial charge is 0.481 e. The molecule has 0 radical (unpaired) electrons. The van der Waals surface area contributed by atoms with Crippen molar-refractivity contribution in [3.8, 4) is 0 Å². The Morgan fingerprint density at radius 3 is 2.57 bits per heavy atom. The molecule has 2 unspecified atom stereocenters. The summed E-state index contributed by atoms with van der Waals surface area (Å²) in [6.45, 7) is 10.4. The van der Waals surface area contributed by atoms with Crippen molar-refractivity contribution in [1.29, 1.82) is 0 Å². The zero-order valence-electron chi connectivity index (χ0n) is 14.5. The van der Waals surface area contributed by atoms with E-state index in [1.165, 1.54) is 38.5 Å². The number of carbonyl (C=O) groups is 1. The lowest BCUT2D eigenvalue weighted by atomic mass is 9.74. The van der Waals surface area contributed by atoms with Crippen molar-refractivity contribution in [2.45, 2.75) is 85.1 Å². The maximum Gasteiger partial charge on any atom is 0.309 e. The topological polar surface area (TPSA) is 40.5 Å². The van der Waals surface area contributed by atoms with Crippen LogP contribution in [-0.2, 0) is 4.79 Å². The molecule has 1 aliphatic heterocycles. The van der Waals surface area contributed by atoms with Crippen molar-refractivity contribution in [1.82, 2.24) is 4.90 Å². The Hall–Kier alpha value is -0.570. The third kappa shape index (κ3) is 5.61. The van der Waals surface area contributed by atoms with Crippen molar-refractivity contribution in [3.63, 3.8) is 0 Å². The van der Waals surface area contributed by atoms with Crippen LogP contribution < -0.4 is 0 Å². The summed E-state index contributed by atoms with van der Waals surface area (Å²) < 4.78 is 0. The molecule has 0 amide bonds. The van der Waals surface area contributed by atoms with Crippen LogP contribution in [0.1, 0.15) is 79.1 Å². The van der Waals surface area contributed by atoms with E-state index in [0.29, 0.717) is 6.04 Å². The van der Waals surface area contributed by atoms with Crippen molar-refractivity contribution < 1.29 is 9.90 Å². The molecular formula is C18H35NO2. The fourth-order valence-corrected chi connectivity index (χ4v) is 3.40. The van der Waals surface area contributed by atoms with Gasteiger partial charge in [0.2, 0.25) is 0 Å². The highest BCUT2D eigenvalue weighted by Gasteiger charge is 2.39. The fourth-order valence-electron chi connectivity index (χ4n) is 3.40. The fraction of sp³-hybridized carbons (Fsp3) is 0.944. The second-order valence-electron chi connectivity index (χ2n) is 7.41. The van der Waals surface area contributed by atoms with Gasteiger partial charge in [-0.05, 0) is 52.5 Å². The summed E-state index contributed by atoms with van der Waals surface area (Å²) in [5, 5.41) is 9.42. The van der Waals surface area contributed by atoms with Crippen LogP contribution in [-0.4, -0.2) is 35.1 Å². The summed E-state index contributed by atoms with van der Waals surface area (Å²) in [6.07, 6.45) is 10.1. The number of likely N-dealkylation sites (tertiary alicyclic amines) is 1. The van der Waals surface area contributed by atoms with Gasteiger partial charge in [0.1, 0.15) is 0 Å². The molecule has 0 aliphatic carbocycles. The van der Waals surface area contributed by atoms with E-state index in [9.17, 15) is 9.90 Å². The molecule has 1 heterocycles. The van der Waals surface area contributed by atoms with Gasteiger partial charge in [-0.25, -0.2) is 0 Å². The summed E-state index contributed by atoms with van der Waals surface area (Å²) in [5.74, 6) is -0.368. The molecular weight excluding hydrogens is 262 g/mol. The van der Waals surface area contributed by atoms with Gasteiger partial charge >= 0.3 is 5.97 Å². The van der Waals surface area contributed by atoms with E-state index in [1.807, 2.05) is 13.8 Å². The average Bonchev–Trinajstić information content (AvgIpc) is 2.46. The van der Waals surface area contributed by atoms with Crippen LogP contribution in [0.15, 0.2) is 0 Å². The van der Waals surface area contributed by atoms with Gasteiger partial charge in [-0.1, -0.05) is 39.0 Å². The third-order valence-corrected chi connectivity index (χ3v) is 5.37. The van der Waals surface area contributed by atoms with Crippen LogP contribution in [0.3, 0.4) is 0 Å². The second-order valence-corrected chi connectivity index (χ2v) is 7.41. The second kappa shape index (κ2) is 8.77. The molecule has 1 saturated heterocycles. The van der Waals surface area contributed by atoms with Gasteiger partial charge in [0.25, 0.3) is 0 Å². The van der Waals surface area contributed by atoms with Crippen LogP contribution in [0.25, 0.3) is 0 Å². The van der Waals surface area contributed by atoms with Gasteiger partial charge in [0, 0.05) is 12.6 Å². The van der Waals surface area contributed by atoms with E-state index in [2.05, 4.69) is 18.7 Å². The lowest BCUT2D eigenvalue weighted by Gasteiger charge is -2.41. The maximum atomic E-state index is 11.5. The first-order chi connectivity index (χ1) is 9.89. The Labute approximate surface area is 131 Å². The zero-order valence-corrected chi connectivity index (χ0v) is 14.5. The van der Waals surface area contributed by atoms with Crippen molar-refractivity contribution in [2.24, 2.45) is 11.3 Å². The average molecular weight is 297 g/mol. The molecule has 1 aliphatic rings. The number of hydrogen-bond acceptors (Lipinski definition) is 2. The Morgan fingerprint density at radius 2 is 1.95 bits per heavy atom. The first-order valence-electron chi connectivity index (χ1n) is 8.87. The molecule has 0 saturated carbocycles. The molecule has 1 N–H and O–H groups in total. The molecule has 0 spiro atoms. The van der Waals surface area contributed by atoms with Gasteiger partial charge in [0.05, 0.1) is 5.41 Å². The van der Waals surface area contributed by atoms with Gasteiger partial charge in [-0.15, -0.1) is 0 Å². The smallest absolute Gasteiger partial charge is 0.309 e. The number of hydrogen-bond donors (Lipinski definition) is 1. The molecule has 0 aromatic heterocycles. The highest BCUT2D eigenvalue weighted by atomic mass is 16.4. The molecule has 2 atom stereocenters. The number of carboxylic acid groups (broad SMARTS) is 1. The number of rotatable bonds is 9. The quantitative estimate of drug-likeness (QED) is 0.634. The van der Waals surface area contributed by atoms with E-state index in [-0.39, 0.29) is 5.92 Å². The van der Waals surface area contributed by atoms with Crippen molar-refractivity contribution in [2.75, 3.05) is 13.1 Å². The van der Waals surface area contributed by atoms with Crippen LogP contribution in [0, 0.1) is 11.3 Å². The van der Waals surface area contributed by atoms with Crippen LogP contribution in [0.5, 0.6) is 0 Å².